The summed E-state index contributed by atoms with van der Waals surface area (Å²) in [5, 5.41) is 12.1. The number of anilines is 1. The first-order valence-corrected chi connectivity index (χ1v) is 12.2. The second-order valence-electron chi connectivity index (χ2n) is 8.69. The van der Waals surface area contributed by atoms with Crippen LogP contribution >= 0.6 is 0 Å². The Hall–Kier alpha value is -3.24. The summed E-state index contributed by atoms with van der Waals surface area (Å²) in [7, 11) is 0. The number of benzene rings is 2. The molecule has 2 rings (SSSR count). The Labute approximate surface area is 216 Å². The highest BCUT2D eigenvalue weighted by atomic mass is 19.3. The number of carbonyl (C=O) groups is 2. The van der Waals surface area contributed by atoms with Crippen molar-refractivity contribution in [1.82, 2.24) is 4.90 Å². The zero-order valence-electron chi connectivity index (χ0n) is 21.5. The van der Waals surface area contributed by atoms with Crippen molar-refractivity contribution in [2.24, 2.45) is 0 Å². The Bertz CT molecular complexity index is 964. The molecule has 0 aliphatic rings. The topological polar surface area (TPSA) is 97.3 Å². The molecule has 0 bridgehead atoms. The number of hydrogen-bond donors (Lipinski definition) is 2. The molecule has 2 N–H and O–H groups in total. The highest BCUT2D eigenvalue weighted by molar-refractivity contribution is 5.89. The molecule has 0 fully saturated rings. The van der Waals surface area contributed by atoms with Gasteiger partial charge in [-0.15, -0.1) is 0 Å². The van der Waals surface area contributed by atoms with E-state index in [2.05, 4.69) is 5.32 Å². The van der Waals surface area contributed by atoms with Crippen molar-refractivity contribution >= 4 is 17.7 Å². The number of nitrogens with zero attached hydrogens (tertiary/aromatic N) is 1. The normalized spacial score (nSPS) is 12.1. The van der Waals surface area contributed by atoms with Crippen molar-refractivity contribution in [2.45, 2.75) is 45.6 Å². The molecule has 1 atom stereocenters. The third-order valence-electron chi connectivity index (χ3n) is 5.40. The Balaban J connectivity index is 1.90. The Morgan fingerprint density at radius 1 is 1.03 bits per heavy atom. The van der Waals surface area contributed by atoms with Crippen LogP contribution in [0.3, 0.4) is 0 Å². The molecule has 0 radical (unpaired) electrons. The fourth-order valence-electron chi connectivity index (χ4n) is 3.31. The van der Waals surface area contributed by atoms with Gasteiger partial charge in [0, 0.05) is 31.7 Å². The molecule has 0 aliphatic carbocycles. The highest BCUT2D eigenvalue weighted by Crippen LogP contribution is 2.17. The number of nitrogens with one attached hydrogen (secondary N) is 1. The van der Waals surface area contributed by atoms with Crippen LogP contribution in [0.25, 0.3) is 0 Å². The van der Waals surface area contributed by atoms with E-state index in [0.717, 1.165) is 18.1 Å². The third-order valence-corrected chi connectivity index (χ3v) is 5.40. The molecule has 0 saturated heterocycles. The summed E-state index contributed by atoms with van der Waals surface area (Å²) >= 11 is 0. The van der Waals surface area contributed by atoms with Gasteiger partial charge in [-0.05, 0) is 50.6 Å². The summed E-state index contributed by atoms with van der Waals surface area (Å²) in [6.45, 7) is 5.46. The van der Waals surface area contributed by atoms with Gasteiger partial charge in [0.2, 0.25) is 5.92 Å². The van der Waals surface area contributed by atoms with Crippen LogP contribution in [0.4, 0.5) is 19.3 Å². The number of carboxylic acids is 1. The van der Waals surface area contributed by atoms with Gasteiger partial charge < -0.3 is 29.5 Å². The number of hydrogen-bond acceptors (Lipinski definition) is 5. The second kappa shape index (κ2) is 15.1. The lowest BCUT2D eigenvalue weighted by molar-refractivity contribution is -0.149. The average Bonchev–Trinajstić information content (AvgIpc) is 2.84. The van der Waals surface area contributed by atoms with Gasteiger partial charge in [-0.3, -0.25) is 0 Å². The van der Waals surface area contributed by atoms with Gasteiger partial charge in [0.1, 0.15) is 12.4 Å². The van der Waals surface area contributed by atoms with Gasteiger partial charge in [0.05, 0.1) is 19.8 Å². The average molecular weight is 523 g/mol. The molecule has 0 saturated carbocycles. The first kappa shape index (κ1) is 30.0. The standard InChI is InChI=1S/C27H36F2N2O6/c1-4-36-24(25(32)33)19-21-7-11-23(12-8-21)37-18-15-31(14-17-35-16-13-27(3,28)29)26(34)30-22-9-5-20(2)6-10-22/h5-12,24H,4,13-19H2,1-3H3,(H,30,34)(H,32,33). The minimum absolute atomic E-state index is 0.105. The van der Waals surface area contributed by atoms with Crippen molar-refractivity contribution in [2.75, 3.05) is 44.8 Å². The molecule has 0 aliphatic heterocycles. The van der Waals surface area contributed by atoms with Crippen LogP contribution in [0.5, 0.6) is 5.75 Å². The SMILES string of the molecule is CCOC(Cc1ccc(OCCN(CCOCCC(C)(F)F)C(=O)Nc2ccc(C)cc2)cc1)C(=O)O. The van der Waals surface area contributed by atoms with E-state index in [9.17, 15) is 23.5 Å². The molecular weight excluding hydrogens is 486 g/mol. The summed E-state index contributed by atoms with van der Waals surface area (Å²) in [5.74, 6) is -3.25. The van der Waals surface area contributed by atoms with Crippen LogP contribution in [0.15, 0.2) is 48.5 Å². The number of carbonyl (C=O) groups excluding carboxylic acids is 1. The van der Waals surface area contributed by atoms with Gasteiger partial charge in [-0.25, -0.2) is 18.4 Å². The maximum atomic E-state index is 13.0. The number of carboxylic acid groups (broad SMARTS) is 1. The predicted molar refractivity (Wildman–Crippen MR) is 137 cm³/mol. The first-order valence-electron chi connectivity index (χ1n) is 12.2. The van der Waals surface area contributed by atoms with Gasteiger partial charge in [0.15, 0.2) is 6.10 Å². The lowest BCUT2D eigenvalue weighted by Gasteiger charge is -2.23. The van der Waals surface area contributed by atoms with Crippen molar-refractivity contribution in [3.05, 3.63) is 59.7 Å². The Kier molecular flexibility index (Phi) is 12.2. The number of aliphatic carboxylic acids is 1. The van der Waals surface area contributed by atoms with Crippen LogP contribution in [0.1, 0.15) is 31.4 Å². The zero-order valence-corrected chi connectivity index (χ0v) is 21.5. The maximum absolute atomic E-state index is 13.0. The van der Waals surface area contributed by atoms with E-state index in [-0.39, 0.29) is 51.8 Å². The molecule has 2 aromatic carbocycles. The van der Waals surface area contributed by atoms with E-state index in [1.54, 1.807) is 43.3 Å². The summed E-state index contributed by atoms with van der Waals surface area (Å²) < 4.78 is 42.3. The van der Waals surface area contributed by atoms with Gasteiger partial charge in [-0.2, -0.15) is 0 Å². The second-order valence-corrected chi connectivity index (χ2v) is 8.69. The summed E-state index contributed by atoms with van der Waals surface area (Å²) in [6, 6.07) is 14.0. The Morgan fingerprint density at radius 3 is 2.27 bits per heavy atom. The molecular formula is C27H36F2N2O6. The maximum Gasteiger partial charge on any atom is 0.333 e. The largest absolute Gasteiger partial charge is 0.492 e. The highest BCUT2D eigenvalue weighted by Gasteiger charge is 2.21. The fraction of sp³-hybridized carbons (Fsp3) is 0.481. The number of rotatable bonds is 16. The predicted octanol–water partition coefficient (Wildman–Crippen LogP) is 5.00. The summed E-state index contributed by atoms with van der Waals surface area (Å²) in [6.07, 6.45) is -1.07. The van der Waals surface area contributed by atoms with E-state index in [0.29, 0.717) is 18.0 Å². The van der Waals surface area contributed by atoms with Crippen molar-refractivity contribution in [3.63, 3.8) is 0 Å². The van der Waals surface area contributed by atoms with Crippen LogP contribution in [0, 0.1) is 6.92 Å². The van der Waals surface area contributed by atoms with Gasteiger partial charge >= 0.3 is 12.0 Å². The fourth-order valence-corrected chi connectivity index (χ4v) is 3.31. The molecule has 10 heteroatoms. The van der Waals surface area contributed by atoms with E-state index in [1.807, 2.05) is 19.1 Å². The number of alkyl halides is 2. The quantitative estimate of drug-likeness (QED) is 0.301. The van der Waals surface area contributed by atoms with E-state index < -0.39 is 18.0 Å². The van der Waals surface area contributed by atoms with E-state index in [4.69, 9.17) is 14.2 Å². The smallest absolute Gasteiger partial charge is 0.333 e. The van der Waals surface area contributed by atoms with E-state index in [1.165, 1.54) is 4.90 Å². The lowest BCUT2D eigenvalue weighted by atomic mass is 10.1. The zero-order chi connectivity index (χ0) is 27.3. The number of urea groups is 1. The molecule has 204 valence electrons. The van der Waals surface area contributed by atoms with Gasteiger partial charge in [-0.1, -0.05) is 29.8 Å². The minimum Gasteiger partial charge on any atom is -0.492 e. The van der Waals surface area contributed by atoms with Crippen LogP contribution in [-0.4, -0.2) is 73.6 Å². The Morgan fingerprint density at radius 2 is 1.68 bits per heavy atom. The molecule has 0 aromatic heterocycles. The van der Waals surface area contributed by atoms with Crippen molar-refractivity contribution < 1.29 is 37.7 Å². The number of ether oxygens (including phenoxy) is 3. The van der Waals surface area contributed by atoms with Crippen molar-refractivity contribution in [3.8, 4) is 5.75 Å². The van der Waals surface area contributed by atoms with Crippen LogP contribution in [0.2, 0.25) is 0 Å². The monoisotopic (exact) mass is 522 g/mol. The molecule has 2 amide bonds. The summed E-state index contributed by atoms with van der Waals surface area (Å²) in [5.41, 5.74) is 2.49. The lowest BCUT2D eigenvalue weighted by Crippen LogP contribution is -2.40. The molecule has 8 nitrogen and oxygen atoms in total. The number of aryl methyl sites for hydroxylation is 1. The number of amides is 2. The van der Waals surface area contributed by atoms with Crippen LogP contribution < -0.4 is 10.1 Å². The molecule has 0 heterocycles. The molecule has 2 aromatic rings. The van der Waals surface area contributed by atoms with Gasteiger partial charge in [0.25, 0.3) is 0 Å². The molecule has 0 spiro atoms. The molecule has 1 unspecified atom stereocenters. The van der Waals surface area contributed by atoms with Crippen LogP contribution in [-0.2, 0) is 20.7 Å². The number of halogens is 2. The summed E-state index contributed by atoms with van der Waals surface area (Å²) in [4.78, 5) is 25.6. The van der Waals surface area contributed by atoms with E-state index >= 15 is 0 Å². The first-order chi connectivity index (χ1) is 17.6. The molecule has 37 heavy (non-hydrogen) atoms. The minimum atomic E-state index is -2.80. The van der Waals surface area contributed by atoms with Crippen molar-refractivity contribution in [1.29, 1.82) is 0 Å². The third kappa shape index (κ3) is 12.0.